The van der Waals surface area contributed by atoms with Crippen molar-refractivity contribution in [3.05, 3.63) is 83.0 Å². The van der Waals surface area contributed by atoms with Crippen LogP contribution in [0.15, 0.2) is 65.8 Å². The summed E-state index contributed by atoms with van der Waals surface area (Å²) in [7, 11) is 1.62. The van der Waals surface area contributed by atoms with Crippen molar-refractivity contribution < 1.29 is 24.6 Å². The first kappa shape index (κ1) is 20.5. The monoisotopic (exact) mass is 420 g/mol. The van der Waals surface area contributed by atoms with E-state index >= 15 is 0 Å². The number of hydrogen-bond acceptors (Lipinski definition) is 5. The van der Waals surface area contributed by atoms with E-state index in [0.29, 0.717) is 36.4 Å². The fourth-order valence-corrected chi connectivity index (χ4v) is 3.69. The van der Waals surface area contributed by atoms with Gasteiger partial charge >= 0.3 is 5.97 Å². The van der Waals surface area contributed by atoms with Crippen molar-refractivity contribution in [3.8, 4) is 17.2 Å². The molecule has 2 N–H and O–H groups in total. The summed E-state index contributed by atoms with van der Waals surface area (Å²) in [5.74, 6) is 0.828. The lowest BCUT2D eigenvalue weighted by Crippen LogP contribution is -2.22. The number of rotatable bonds is 6. The van der Waals surface area contributed by atoms with Crippen LogP contribution in [0.5, 0.6) is 17.2 Å². The molecule has 0 bridgehead atoms. The fraction of sp³-hybridized carbons (Fsp3) is 0.250. The predicted molar refractivity (Wildman–Crippen MR) is 114 cm³/mol. The average Bonchev–Trinajstić information content (AvgIpc) is 2.79. The van der Waals surface area contributed by atoms with Crippen LogP contribution in [-0.2, 0) is 24.2 Å². The number of methoxy groups -OCH3 is 1. The van der Waals surface area contributed by atoms with Crippen molar-refractivity contribution in [1.29, 1.82) is 0 Å². The van der Waals surface area contributed by atoms with Crippen LogP contribution in [0.2, 0.25) is 0 Å². The third-order valence-corrected chi connectivity index (χ3v) is 5.46. The Balaban J connectivity index is 1.52. The number of carboxylic acids is 1. The molecule has 0 fully saturated rings. The topological polar surface area (TPSA) is 93.3 Å². The van der Waals surface area contributed by atoms with Gasteiger partial charge in [0, 0.05) is 18.3 Å². The zero-order valence-electron chi connectivity index (χ0n) is 17.2. The van der Waals surface area contributed by atoms with Gasteiger partial charge in [-0.3, -0.25) is 9.79 Å². The highest BCUT2D eigenvalue weighted by molar-refractivity contribution is 5.71. The minimum atomic E-state index is -0.754. The van der Waals surface area contributed by atoms with Gasteiger partial charge in [0.15, 0.2) is 5.49 Å². The molecule has 0 saturated carbocycles. The van der Waals surface area contributed by atoms with E-state index in [0.717, 1.165) is 28.0 Å². The number of carboxylic acid groups (broad SMARTS) is 1. The molecule has 2 aromatic carbocycles. The zero-order valence-corrected chi connectivity index (χ0v) is 17.2. The van der Waals surface area contributed by atoms with Crippen LogP contribution in [-0.4, -0.2) is 28.1 Å². The van der Waals surface area contributed by atoms with E-state index < -0.39 is 5.97 Å². The molecule has 0 amide bonds. The van der Waals surface area contributed by atoms with E-state index in [1.54, 1.807) is 19.2 Å². The summed E-state index contributed by atoms with van der Waals surface area (Å²) in [6, 6.07) is 16.6. The van der Waals surface area contributed by atoms with Crippen LogP contribution in [0.3, 0.4) is 0 Å². The number of aliphatic carboxylic acids is 1. The second-order valence-corrected chi connectivity index (χ2v) is 7.54. The summed E-state index contributed by atoms with van der Waals surface area (Å²) in [4.78, 5) is 15.8. The minimum Gasteiger partial charge on any atom is -0.497 e. The molecule has 1 aliphatic rings. The molecule has 1 atom stereocenters. The lowest BCUT2D eigenvalue weighted by molar-refractivity contribution is -0.142. The highest BCUT2D eigenvalue weighted by Gasteiger charge is 2.24. The highest BCUT2D eigenvalue weighted by Crippen LogP contribution is 2.30. The van der Waals surface area contributed by atoms with E-state index in [1.807, 2.05) is 42.5 Å². The molecular weight excluding hydrogens is 396 g/mol. The lowest BCUT2D eigenvalue weighted by atomic mass is 9.84. The van der Waals surface area contributed by atoms with Crippen LogP contribution in [0.25, 0.3) is 0 Å². The minimum absolute atomic E-state index is 0.351. The van der Waals surface area contributed by atoms with Crippen LogP contribution < -0.4 is 15.0 Å². The molecule has 7 heteroatoms. The van der Waals surface area contributed by atoms with Crippen LogP contribution in [0.4, 0.5) is 0 Å². The normalized spacial score (nSPS) is 15.9. The Labute approximate surface area is 179 Å². The van der Waals surface area contributed by atoms with Crippen molar-refractivity contribution in [1.82, 2.24) is 4.73 Å². The van der Waals surface area contributed by atoms with Crippen molar-refractivity contribution in [2.75, 3.05) is 7.11 Å². The molecular formula is C24H24N2O5. The van der Waals surface area contributed by atoms with Gasteiger partial charge in [-0.2, -0.15) is 4.73 Å². The zero-order chi connectivity index (χ0) is 21.8. The number of ether oxygens (including phenoxy) is 2. The molecule has 160 valence electrons. The molecule has 4 rings (SSSR count). The lowest BCUT2D eigenvalue weighted by Gasteiger charge is -2.22. The molecule has 7 nitrogen and oxygen atoms in total. The van der Waals surface area contributed by atoms with E-state index in [-0.39, 0.29) is 5.92 Å². The van der Waals surface area contributed by atoms with Crippen LogP contribution in [0.1, 0.15) is 23.1 Å². The number of nitrogens with zero attached hydrogens (tertiary/aromatic N) is 2. The van der Waals surface area contributed by atoms with Crippen molar-refractivity contribution in [3.63, 3.8) is 0 Å². The molecule has 1 aromatic heterocycles. The molecule has 1 unspecified atom stereocenters. The number of aryl methyl sites for hydroxylation is 1. The van der Waals surface area contributed by atoms with E-state index in [2.05, 4.69) is 4.99 Å². The molecule has 0 spiro atoms. The van der Waals surface area contributed by atoms with E-state index in [1.165, 1.54) is 11.8 Å². The quantitative estimate of drug-likeness (QED) is 0.592. The Kier molecular flexibility index (Phi) is 5.93. The summed E-state index contributed by atoms with van der Waals surface area (Å²) in [5, 5.41) is 19.4. The maximum Gasteiger partial charge on any atom is 0.306 e. The number of hydrogen-bond donors (Lipinski definition) is 2. The highest BCUT2D eigenvalue weighted by atomic mass is 16.5. The van der Waals surface area contributed by atoms with Crippen LogP contribution >= 0.6 is 0 Å². The molecule has 0 radical (unpaired) electrons. The molecule has 3 aromatic rings. The number of carbonyl (C=O) groups is 1. The van der Waals surface area contributed by atoms with Gasteiger partial charge in [-0.05, 0) is 60.2 Å². The van der Waals surface area contributed by atoms with Crippen molar-refractivity contribution >= 4 is 5.97 Å². The van der Waals surface area contributed by atoms with Crippen LogP contribution in [0, 0.1) is 5.92 Å². The molecule has 0 saturated heterocycles. The summed E-state index contributed by atoms with van der Waals surface area (Å²) >= 11 is 0. The summed E-state index contributed by atoms with van der Waals surface area (Å²) < 4.78 is 12.1. The number of fused-ring (bicyclic) bond motifs is 1. The Morgan fingerprint density at radius 3 is 2.55 bits per heavy atom. The summed E-state index contributed by atoms with van der Waals surface area (Å²) in [5.41, 5.74) is 3.52. The SMILES string of the molecule is COc1ccc(CN=c2cc(Oc3ccc4c(c3)CC(C(=O)O)CC4)ccn2O)cc1. The smallest absolute Gasteiger partial charge is 0.306 e. The first-order valence-corrected chi connectivity index (χ1v) is 10.1. The van der Waals surface area contributed by atoms with Gasteiger partial charge in [0.05, 0.1) is 19.6 Å². The number of benzene rings is 2. The number of aromatic nitrogens is 1. The van der Waals surface area contributed by atoms with Gasteiger partial charge in [-0.1, -0.05) is 18.2 Å². The maximum atomic E-state index is 11.3. The molecule has 1 heterocycles. The second-order valence-electron chi connectivity index (χ2n) is 7.54. The second kappa shape index (κ2) is 8.95. The van der Waals surface area contributed by atoms with Gasteiger partial charge in [0.2, 0.25) is 0 Å². The Bertz CT molecular complexity index is 1150. The third-order valence-electron chi connectivity index (χ3n) is 5.46. The fourth-order valence-electron chi connectivity index (χ4n) is 3.69. The molecule has 31 heavy (non-hydrogen) atoms. The Morgan fingerprint density at radius 1 is 1.06 bits per heavy atom. The predicted octanol–water partition coefficient (Wildman–Crippen LogP) is 3.82. The largest absolute Gasteiger partial charge is 0.497 e. The van der Waals surface area contributed by atoms with Gasteiger partial charge in [-0.15, -0.1) is 0 Å². The van der Waals surface area contributed by atoms with Gasteiger partial charge < -0.3 is 19.8 Å². The number of pyridine rings is 1. The average molecular weight is 420 g/mol. The van der Waals surface area contributed by atoms with Crippen molar-refractivity contribution in [2.45, 2.75) is 25.8 Å². The maximum absolute atomic E-state index is 11.3. The third kappa shape index (κ3) is 4.88. The first-order chi connectivity index (χ1) is 15.0. The Hall–Kier alpha value is -3.74. The Morgan fingerprint density at radius 2 is 1.81 bits per heavy atom. The first-order valence-electron chi connectivity index (χ1n) is 10.1. The molecule has 0 aliphatic heterocycles. The summed E-state index contributed by atoms with van der Waals surface area (Å²) in [6.45, 7) is 0.392. The van der Waals surface area contributed by atoms with E-state index in [4.69, 9.17) is 9.47 Å². The van der Waals surface area contributed by atoms with Gasteiger partial charge in [0.25, 0.3) is 0 Å². The van der Waals surface area contributed by atoms with Gasteiger partial charge in [0.1, 0.15) is 17.2 Å². The molecule has 1 aliphatic carbocycles. The summed E-state index contributed by atoms with van der Waals surface area (Å²) in [6.07, 6.45) is 3.41. The standard InChI is InChI=1S/C24H24N2O5/c1-30-20-7-2-16(3-8-20)15-25-23-14-22(10-11-26(23)29)31-21-9-6-17-4-5-18(24(27)28)12-19(17)13-21/h2-3,6-11,13-14,18,29H,4-5,12,15H2,1H3,(H,27,28). The van der Waals surface area contributed by atoms with E-state index in [9.17, 15) is 15.1 Å². The van der Waals surface area contributed by atoms with Gasteiger partial charge in [-0.25, -0.2) is 0 Å². The van der Waals surface area contributed by atoms with Crippen molar-refractivity contribution in [2.24, 2.45) is 10.9 Å².